The van der Waals surface area contributed by atoms with Crippen molar-refractivity contribution < 1.29 is 26.4 Å². The van der Waals surface area contributed by atoms with Crippen LogP contribution in [0.5, 0.6) is 0 Å². The Morgan fingerprint density at radius 3 is 2.50 bits per heavy atom. The van der Waals surface area contributed by atoms with Crippen LogP contribution in [0.4, 0.5) is 24.5 Å². The first-order valence-electron chi connectivity index (χ1n) is 8.94. The van der Waals surface area contributed by atoms with Crippen LogP contribution in [0, 0.1) is 17.5 Å². The number of hydrogen-bond donors (Lipinski definition) is 1. The maximum atomic E-state index is 13.8. The van der Waals surface area contributed by atoms with Gasteiger partial charge in [0.05, 0.1) is 16.3 Å². The molecule has 3 aromatic carbocycles. The standard InChI is InChI=1S/C21H15F3N2O3S/c22-16-8-9-17(20(24)19(16)23)25-21(27)14-5-3-6-15(12-14)30(28,29)26-11-10-13-4-1-2-7-18(13)26/h1-9,12H,10-11H2,(H,25,27). The van der Waals surface area contributed by atoms with E-state index in [1.54, 1.807) is 12.1 Å². The number of amides is 1. The zero-order valence-corrected chi connectivity index (χ0v) is 16.2. The molecule has 9 heteroatoms. The van der Waals surface area contributed by atoms with E-state index in [1.807, 2.05) is 12.1 Å². The summed E-state index contributed by atoms with van der Waals surface area (Å²) in [5.41, 5.74) is 0.855. The zero-order valence-electron chi connectivity index (χ0n) is 15.4. The summed E-state index contributed by atoms with van der Waals surface area (Å²) in [4.78, 5) is 12.3. The Labute approximate surface area is 170 Å². The lowest BCUT2D eigenvalue weighted by atomic mass is 10.2. The molecule has 0 saturated carbocycles. The fourth-order valence-electron chi connectivity index (χ4n) is 3.30. The fourth-order valence-corrected chi connectivity index (χ4v) is 4.85. The first-order valence-corrected chi connectivity index (χ1v) is 10.4. The quantitative estimate of drug-likeness (QED) is 0.631. The van der Waals surface area contributed by atoms with Crippen LogP contribution in [0.15, 0.2) is 65.6 Å². The Balaban J connectivity index is 1.63. The molecule has 0 unspecified atom stereocenters. The highest BCUT2D eigenvalue weighted by atomic mass is 32.2. The van der Waals surface area contributed by atoms with Gasteiger partial charge in [0.1, 0.15) is 0 Å². The van der Waals surface area contributed by atoms with Gasteiger partial charge in [-0.3, -0.25) is 9.10 Å². The first-order chi connectivity index (χ1) is 14.3. The lowest BCUT2D eigenvalue weighted by Crippen LogP contribution is -2.29. The monoisotopic (exact) mass is 432 g/mol. The summed E-state index contributed by atoms with van der Waals surface area (Å²) in [6.45, 7) is 0.276. The van der Waals surface area contributed by atoms with Gasteiger partial charge in [0, 0.05) is 12.1 Å². The minimum absolute atomic E-state index is 0.0762. The number of rotatable bonds is 4. The average molecular weight is 432 g/mol. The van der Waals surface area contributed by atoms with Crippen LogP contribution in [0.3, 0.4) is 0 Å². The molecule has 0 aromatic heterocycles. The smallest absolute Gasteiger partial charge is 0.264 e. The maximum Gasteiger partial charge on any atom is 0.264 e. The summed E-state index contributed by atoms with van der Waals surface area (Å²) >= 11 is 0. The molecule has 5 nitrogen and oxygen atoms in total. The predicted molar refractivity (Wildman–Crippen MR) is 105 cm³/mol. The van der Waals surface area contributed by atoms with E-state index in [-0.39, 0.29) is 17.0 Å². The van der Waals surface area contributed by atoms with Gasteiger partial charge in [-0.1, -0.05) is 24.3 Å². The number of halogens is 3. The molecule has 1 amide bonds. The van der Waals surface area contributed by atoms with Gasteiger partial charge < -0.3 is 5.32 Å². The lowest BCUT2D eigenvalue weighted by Gasteiger charge is -2.20. The van der Waals surface area contributed by atoms with Gasteiger partial charge in [-0.05, 0) is 48.4 Å². The minimum atomic E-state index is -3.93. The molecule has 0 aliphatic carbocycles. The average Bonchev–Trinajstić information content (AvgIpc) is 3.19. The molecule has 0 fully saturated rings. The Bertz CT molecular complexity index is 1260. The third-order valence-electron chi connectivity index (χ3n) is 4.81. The number of carbonyl (C=O) groups excluding carboxylic acids is 1. The molecule has 0 spiro atoms. The first kappa shape index (κ1) is 20.0. The van der Waals surface area contributed by atoms with E-state index in [1.165, 1.54) is 22.5 Å². The van der Waals surface area contributed by atoms with Crippen LogP contribution in [-0.2, 0) is 16.4 Å². The number of nitrogens with one attached hydrogen (secondary N) is 1. The summed E-state index contributed by atoms with van der Waals surface area (Å²) in [7, 11) is -3.93. The Morgan fingerprint density at radius 1 is 0.933 bits per heavy atom. The number of para-hydroxylation sites is 1. The topological polar surface area (TPSA) is 66.5 Å². The molecule has 0 bridgehead atoms. The van der Waals surface area contributed by atoms with Crippen molar-refractivity contribution in [3.05, 3.63) is 89.2 Å². The molecular weight excluding hydrogens is 417 g/mol. The minimum Gasteiger partial charge on any atom is -0.319 e. The molecule has 1 aliphatic rings. The van der Waals surface area contributed by atoms with Gasteiger partial charge in [0.2, 0.25) is 0 Å². The van der Waals surface area contributed by atoms with Crippen molar-refractivity contribution in [2.24, 2.45) is 0 Å². The van der Waals surface area contributed by atoms with Crippen molar-refractivity contribution in [3.8, 4) is 0 Å². The Hall–Kier alpha value is -3.33. The summed E-state index contributed by atoms with van der Waals surface area (Å²) in [6.07, 6.45) is 0.574. The summed E-state index contributed by atoms with van der Waals surface area (Å²) in [5.74, 6) is -5.50. The Kier molecular flexibility index (Phi) is 4.98. The number of anilines is 2. The van der Waals surface area contributed by atoms with E-state index in [0.717, 1.165) is 17.7 Å². The number of fused-ring (bicyclic) bond motifs is 1. The summed E-state index contributed by atoms with van der Waals surface area (Å²) in [5, 5.41) is 2.13. The molecule has 0 atom stereocenters. The molecule has 154 valence electrons. The molecule has 0 radical (unpaired) electrons. The Morgan fingerprint density at radius 2 is 1.70 bits per heavy atom. The van der Waals surface area contributed by atoms with Crippen molar-refractivity contribution in [2.75, 3.05) is 16.2 Å². The van der Waals surface area contributed by atoms with Crippen LogP contribution in [0.25, 0.3) is 0 Å². The second kappa shape index (κ2) is 7.49. The SMILES string of the molecule is O=C(Nc1ccc(F)c(F)c1F)c1cccc(S(=O)(=O)N2CCc3ccccc32)c1. The van der Waals surface area contributed by atoms with Gasteiger partial charge in [0.15, 0.2) is 17.5 Å². The molecule has 0 saturated heterocycles. The van der Waals surface area contributed by atoms with Gasteiger partial charge in [0.25, 0.3) is 15.9 Å². The number of benzene rings is 3. The third kappa shape index (κ3) is 3.41. The van der Waals surface area contributed by atoms with Crippen molar-refractivity contribution in [1.29, 1.82) is 0 Å². The zero-order chi connectivity index (χ0) is 21.5. The molecule has 30 heavy (non-hydrogen) atoms. The number of hydrogen-bond acceptors (Lipinski definition) is 3. The molecule has 1 N–H and O–H groups in total. The summed E-state index contributed by atoms with van der Waals surface area (Å²) < 4.78 is 67.7. The van der Waals surface area contributed by atoms with Gasteiger partial charge in [-0.15, -0.1) is 0 Å². The van der Waals surface area contributed by atoms with Gasteiger partial charge in [-0.2, -0.15) is 0 Å². The second-order valence-corrected chi connectivity index (χ2v) is 8.52. The highest BCUT2D eigenvalue weighted by Gasteiger charge is 2.31. The van der Waals surface area contributed by atoms with Crippen molar-refractivity contribution in [3.63, 3.8) is 0 Å². The number of sulfonamides is 1. The van der Waals surface area contributed by atoms with E-state index < -0.39 is 39.1 Å². The molecule has 1 aliphatic heterocycles. The van der Waals surface area contributed by atoms with Crippen molar-refractivity contribution >= 4 is 27.3 Å². The number of carbonyl (C=O) groups is 1. The highest BCUT2D eigenvalue weighted by Crippen LogP contribution is 2.33. The van der Waals surface area contributed by atoms with Crippen molar-refractivity contribution in [1.82, 2.24) is 0 Å². The van der Waals surface area contributed by atoms with Crippen LogP contribution in [0.2, 0.25) is 0 Å². The third-order valence-corrected chi connectivity index (χ3v) is 6.62. The molecule has 1 heterocycles. The highest BCUT2D eigenvalue weighted by molar-refractivity contribution is 7.92. The van der Waals surface area contributed by atoms with Gasteiger partial charge in [-0.25, -0.2) is 21.6 Å². The summed E-state index contributed by atoms with van der Waals surface area (Å²) in [6, 6.07) is 13.9. The molecule has 3 aromatic rings. The molecule has 4 rings (SSSR count). The predicted octanol–water partition coefficient (Wildman–Crippen LogP) is 4.11. The molecular formula is C21H15F3N2O3S. The van der Waals surface area contributed by atoms with Crippen molar-refractivity contribution in [2.45, 2.75) is 11.3 Å². The van der Waals surface area contributed by atoms with Crippen LogP contribution in [0.1, 0.15) is 15.9 Å². The van der Waals surface area contributed by atoms with Crippen LogP contribution >= 0.6 is 0 Å². The lowest BCUT2D eigenvalue weighted by molar-refractivity contribution is 0.102. The fraction of sp³-hybridized carbons (Fsp3) is 0.0952. The van der Waals surface area contributed by atoms with Gasteiger partial charge >= 0.3 is 0 Å². The normalized spacial score (nSPS) is 13.2. The van der Waals surface area contributed by atoms with E-state index in [0.29, 0.717) is 18.2 Å². The maximum absolute atomic E-state index is 13.8. The number of nitrogens with zero attached hydrogens (tertiary/aromatic N) is 1. The van der Waals surface area contributed by atoms with E-state index in [4.69, 9.17) is 0 Å². The van der Waals surface area contributed by atoms with E-state index in [2.05, 4.69) is 5.32 Å². The largest absolute Gasteiger partial charge is 0.319 e. The van der Waals surface area contributed by atoms with Crippen LogP contribution in [-0.4, -0.2) is 20.9 Å². The second-order valence-electron chi connectivity index (χ2n) is 6.66. The van der Waals surface area contributed by atoms with E-state index in [9.17, 15) is 26.4 Å². The van der Waals surface area contributed by atoms with Crippen LogP contribution < -0.4 is 9.62 Å². The van der Waals surface area contributed by atoms with E-state index >= 15 is 0 Å².